The molecule has 1 atom stereocenters. The summed E-state index contributed by atoms with van der Waals surface area (Å²) in [5, 5.41) is 11.0. The van der Waals surface area contributed by atoms with Crippen LogP contribution in [0.4, 0.5) is 11.5 Å². The minimum Gasteiger partial charge on any atom is -0.381 e. The Balaban J connectivity index is 1.93. The van der Waals surface area contributed by atoms with E-state index in [0.717, 1.165) is 13.0 Å². The van der Waals surface area contributed by atoms with E-state index < -0.39 is 4.92 Å². The molecule has 8 heteroatoms. The Morgan fingerprint density at radius 1 is 1.72 bits per heavy atom. The number of nitrogens with one attached hydrogen (secondary N) is 1. The minimum absolute atomic E-state index is 0.0447. The van der Waals surface area contributed by atoms with E-state index in [1.165, 1.54) is 12.3 Å². The van der Waals surface area contributed by atoms with Crippen molar-refractivity contribution in [2.45, 2.75) is 6.42 Å². The Morgan fingerprint density at radius 2 is 2.56 bits per heavy atom. The van der Waals surface area contributed by atoms with E-state index in [-0.39, 0.29) is 16.5 Å². The van der Waals surface area contributed by atoms with Crippen LogP contribution in [0.15, 0.2) is 12.3 Å². The molecule has 0 aromatic carbocycles. The molecule has 1 aromatic heterocycles. The van der Waals surface area contributed by atoms with Gasteiger partial charge in [-0.1, -0.05) is 11.6 Å². The lowest BCUT2D eigenvalue weighted by Gasteiger charge is -2.09. The van der Waals surface area contributed by atoms with Gasteiger partial charge in [0.05, 0.1) is 23.2 Å². The molecular weight excluding hydrogens is 262 g/mol. The molecule has 0 spiro atoms. The third-order valence-electron chi connectivity index (χ3n) is 2.54. The topological polar surface area (TPSA) is 86.5 Å². The summed E-state index contributed by atoms with van der Waals surface area (Å²) in [6, 6.07) is 1.22. The maximum Gasteiger partial charge on any atom is 0.315 e. The van der Waals surface area contributed by atoms with E-state index >= 15 is 0 Å². The minimum atomic E-state index is -0.566. The van der Waals surface area contributed by atoms with Crippen molar-refractivity contribution < 1.29 is 14.5 Å². The molecular formula is C10H12ClN3O4. The summed E-state index contributed by atoms with van der Waals surface area (Å²) in [6.45, 7) is 1.80. The summed E-state index contributed by atoms with van der Waals surface area (Å²) in [7, 11) is 0. The third-order valence-corrected chi connectivity index (χ3v) is 2.75. The monoisotopic (exact) mass is 273 g/mol. The van der Waals surface area contributed by atoms with Gasteiger partial charge >= 0.3 is 5.69 Å². The first-order valence-corrected chi connectivity index (χ1v) is 5.80. The van der Waals surface area contributed by atoms with Gasteiger partial charge in [0, 0.05) is 24.8 Å². The zero-order valence-electron chi connectivity index (χ0n) is 9.47. The first kappa shape index (κ1) is 13.0. The molecule has 1 fully saturated rings. The van der Waals surface area contributed by atoms with Crippen molar-refractivity contribution in [3.8, 4) is 0 Å². The average Bonchev–Trinajstić information content (AvgIpc) is 2.84. The lowest BCUT2D eigenvalue weighted by atomic mass is 10.1. The van der Waals surface area contributed by atoms with Crippen LogP contribution in [0.1, 0.15) is 6.42 Å². The van der Waals surface area contributed by atoms with Gasteiger partial charge < -0.3 is 4.74 Å². The molecule has 0 radical (unpaired) electrons. The second-order valence-corrected chi connectivity index (χ2v) is 4.36. The Labute approximate surface area is 108 Å². The number of rotatable bonds is 5. The van der Waals surface area contributed by atoms with Crippen LogP contribution >= 0.6 is 11.6 Å². The number of aromatic nitrogens is 1. The van der Waals surface area contributed by atoms with Crippen LogP contribution in [0, 0.1) is 16.0 Å². The summed E-state index contributed by atoms with van der Waals surface area (Å²) in [5.41, 5.74) is 2.26. The van der Waals surface area contributed by atoms with Gasteiger partial charge in [0.1, 0.15) is 0 Å². The Kier molecular flexibility index (Phi) is 4.29. The normalized spacial score (nSPS) is 18.8. The molecule has 1 aliphatic rings. The van der Waals surface area contributed by atoms with E-state index in [1.807, 2.05) is 0 Å². The molecule has 2 rings (SSSR count). The summed E-state index contributed by atoms with van der Waals surface area (Å²) >= 11 is 5.65. The standard InChI is InChI=1S/C10H12ClN3O4/c11-8-3-9(14(15)16)10(12-4-8)13-18-6-7-1-2-17-5-7/h3-4,7H,1-2,5-6H2,(H,12,13). The van der Waals surface area contributed by atoms with Gasteiger partial charge in [0.15, 0.2) is 0 Å². The molecule has 1 N–H and O–H groups in total. The van der Waals surface area contributed by atoms with Gasteiger partial charge in [-0.05, 0) is 6.42 Å². The molecule has 18 heavy (non-hydrogen) atoms. The first-order chi connectivity index (χ1) is 8.66. The number of pyridine rings is 1. The van der Waals surface area contributed by atoms with Crippen LogP contribution < -0.4 is 5.48 Å². The molecule has 0 bridgehead atoms. The zero-order valence-corrected chi connectivity index (χ0v) is 10.2. The summed E-state index contributed by atoms with van der Waals surface area (Å²) in [4.78, 5) is 19.2. The highest BCUT2D eigenvalue weighted by atomic mass is 35.5. The van der Waals surface area contributed by atoms with Gasteiger partial charge in [-0.25, -0.2) is 10.5 Å². The molecule has 7 nitrogen and oxygen atoms in total. The number of hydrogen-bond donors (Lipinski definition) is 1. The van der Waals surface area contributed by atoms with Crippen LogP contribution in [-0.4, -0.2) is 29.7 Å². The Bertz CT molecular complexity index is 437. The van der Waals surface area contributed by atoms with Crippen LogP contribution in [0.5, 0.6) is 0 Å². The van der Waals surface area contributed by atoms with Crippen molar-refractivity contribution in [1.82, 2.24) is 4.98 Å². The molecule has 0 aliphatic carbocycles. The Morgan fingerprint density at radius 3 is 3.22 bits per heavy atom. The predicted molar refractivity (Wildman–Crippen MR) is 64.4 cm³/mol. The second-order valence-electron chi connectivity index (χ2n) is 3.92. The van der Waals surface area contributed by atoms with E-state index in [2.05, 4.69) is 10.5 Å². The second kappa shape index (κ2) is 5.94. The highest BCUT2D eigenvalue weighted by Crippen LogP contribution is 2.25. The first-order valence-electron chi connectivity index (χ1n) is 5.42. The molecule has 1 saturated heterocycles. The van der Waals surface area contributed by atoms with Crippen molar-refractivity contribution in [3.05, 3.63) is 27.4 Å². The van der Waals surface area contributed by atoms with Crippen LogP contribution in [0.3, 0.4) is 0 Å². The molecule has 1 aliphatic heterocycles. The highest BCUT2D eigenvalue weighted by molar-refractivity contribution is 6.30. The van der Waals surface area contributed by atoms with Crippen molar-refractivity contribution in [2.24, 2.45) is 5.92 Å². The van der Waals surface area contributed by atoms with Crippen molar-refractivity contribution >= 4 is 23.1 Å². The van der Waals surface area contributed by atoms with Gasteiger partial charge in [-0.3, -0.25) is 15.0 Å². The van der Waals surface area contributed by atoms with Gasteiger partial charge in [-0.2, -0.15) is 0 Å². The highest BCUT2D eigenvalue weighted by Gasteiger charge is 2.18. The molecule has 0 saturated carbocycles. The number of hydrogen-bond acceptors (Lipinski definition) is 6. The van der Waals surface area contributed by atoms with E-state index in [0.29, 0.717) is 19.1 Å². The average molecular weight is 274 g/mol. The number of anilines is 1. The lowest BCUT2D eigenvalue weighted by Crippen LogP contribution is -2.14. The van der Waals surface area contributed by atoms with Crippen LogP contribution in [0.2, 0.25) is 5.02 Å². The summed E-state index contributed by atoms with van der Waals surface area (Å²) in [6.07, 6.45) is 2.25. The van der Waals surface area contributed by atoms with Crippen LogP contribution in [-0.2, 0) is 9.57 Å². The fourth-order valence-corrected chi connectivity index (χ4v) is 1.74. The molecule has 1 unspecified atom stereocenters. The SMILES string of the molecule is O=[N+]([O-])c1cc(Cl)cnc1NOCC1CCOC1. The fraction of sp³-hybridized carbons (Fsp3) is 0.500. The molecule has 98 valence electrons. The van der Waals surface area contributed by atoms with E-state index in [4.69, 9.17) is 21.2 Å². The van der Waals surface area contributed by atoms with Crippen molar-refractivity contribution in [3.63, 3.8) is 0 Å². The Hall–Kier alpha value is -1.44. The summed E-state index contributed by atoms with van der Waals surface area (Å²) < 4.78 is 5.19. The fourth-order valence-electron chi connectivity index (χ4n) is 1.59. The maximum atomic E-state index is 10.8. The van der Waals surface area contributed by atoms with E-state index in [1.54, 1.807) is 0 Å². The maximum absolute atomic E-state index is 10.8. The smallest absolute Gasteiger partial charge is 0.315 e. The van der Waals surface area contributed by atoms with Crippen molar-refractivity contribution in [2.75, 3.05) is 25.3 Å². The number of nitrogens with zero attached hydrogens (tertiary/aromatic N) is 2. The third kappa shape index (κ3) is 3.28. The summed E-state index contributed by atoms with van der Waals surface area (Å²) in [5.74, 6) is 0.354. The number of halogens is 1. The number of ether oxygens (including phenoxy) is 1. The number of nitro groups is 1. The molecule has 2 heterocycles. The lowest BCUT2D eigenvalue weighted by molar-refractivity contribution is -0.384. The van der Waals surface area contributed by atoms with Crippen LogP contribution in [0.25, 0.3) is 0 Å². The predicted octanol–water partition coefficient (Wildman–Crippen LogP) is 2.02. The molecule has 1 aromatic rings. The molecule has 0 amide bonds. The van der Waals surface area contributed by atoms with Gasteiger partial charge in [0.25, 0.3) is 0 Å². The van der Waals surface area contributed by atoms with E-state index in [9.17, 15) is 10.1 Å². The van der Waals surface area contributed by atoms with Gasteiger partial charge in [0.2, 0.25) is 5.82 Å². The zero-order chi connectivity index (χ0) is 13.0. The van der Waals surface area contributed by atoms with Gasteiger partial charge in [-0.15, -0.1) is 0 Å². The quantitative estimate of drug-likeness (QED) is 0.652. The largest absolute Gasteiger partial charge is 0.381 e. The van der Waals surface area contributed by atoms with Crippen molar-refractivity contribution in [1.29, 1.82) is 0 Å².